The second-order valence-corrected chi connectivity index (χ2v) is 9.63. The number of hydrogen-bond acceptors (Lipinski definition) is 3. The molecule has 1 aromatic carbocycles. The summed E-state index contributed by atoms with van der Waals surface area (Å²) < 4.78 is 0. The van der Waals surface area contributed by atoms with E-state index < -0.39 is 0 Å². The smallest absolute Gasteiger partial charge is 0.257 e. The molecule has 1 aliphatic rings. The molecular formula is C21H22Cl2N2OS. The maximum atomic E-state index is 12.7. The Hall–Kier alpha value is -1.54. The first kappa shape index (κ1) is 20.2. The van der Waals surface area contributed by atoms with Crippen LogP contribution in [-0.2, 0) is 12.8 Å². The fraction of sp³-hybridized carbons (Fsp3) is 0.429. The highest BCUT2D eigenvalue weighted by Crippen LogP contribution is 2.45. The molecule has 1 atom stereocenters. The summed E-state index contributed by atoms with van der Waals surface area (Å²) in [6.45, 7) is 6.85. The molecule has 142 valence electrons. The number of nitrogens with one attached hydrogen (secondary N) is 1. The second-order valence-electron chi connectivity index (χ2n) is 7.68. The van der Waals surface area contributed by atoms with Gasteiger partial charge in [0.2, 0.25) is 0 Å². The van der Waals surface area contributed by atoms with Gasteiger partial charge in [-0.2, -0.15) is 5.26 Å². The van der Waals surface area contributed by atoms with Gasteiger partial charge in [-0.1, -0.05) is 50.4 Å². The molecule has 2 aromatic rings. The maximum Gasteiger partial charge on any atom is 0.257 e. The SMILES string of the molecule is CCC(C)(C)C1CCc2c(sc(NC(=O)c3cc(Cl)ccc3Cl)c2C#N)C1. The minimum atomic E-state index is -0.344. The Morgan fingerprint density at radius 3 is 2.81 bits per heavy atom. The molecule has 1 amide bonds. The van der Waals surface area contributed by atoms with Crippen LogP contribution in [0.1, 0.15) is 60.0 Å². The molecule has 27 heavy (non-hydrogen) atoms. The predicted octanol–water partition coefficient (Wildman–Crippen LogP) is 6.72. The van der Waals surface area contributed by atoms with Gasteiger partial charge in [0.05, 0.1) is 16.1 Å². The lowest BCUT2D eigenvalue weighted by atomic mass is 9.69. The lowest BCUT2D eigenvalue weighted by Gasteiger charge is -2.36. The molecule has 0 saturated heterocycles. The van der Waals surface area contributed by atoms with Crippen LogP contribution in [-0.4, -0.2) is 5.91 Å². The number of thiophene rings is 1. The molecule has 1 unspecified atom stereocenters. The van der Waals surface area contributed by atoms with Gasteiger partial charge < -0.3 is 5.32 Å². The summed E-state index contributed by atoms with van der Waals surface area (Å²) in [6, 6.07) is 7.07. The molecule has 1 N–H and O–H groups in total. The molecule has 0 aliphatic heterocycles. The first-order chi connectivity index (χ1) is 12.8. The van der Waals surface area contributed by atoms with E-state index >= 15 is 0 Å². The number of rotatable bonds is 4. The van der Waals surface area contributed by atoms with Crippen molar-refractivity contribution < 1.29 is 4.79 Å². The van der Waals surface area contributed by atoms with Gasteiger partial charge in [0.25, 0.3) is 5.91 Å². The Morgan fingerprint density at radius 1 is 1.41 bits per heavy atom. The van der Waals surface area contributed by atoms with Crippen molar-refractivity contribution in [1.29, 1.82) is 5.26 Å². The van der Waals surface area contributed by atoms with E-state index in [4.69, 9.17) is 23.2 Å². The zero-order valence-electron chi connectivity index (χ0n) is 15.7. The summed E-state index contributed by atoms with van der Waals surface area (Å²) in [5.41, 5.74) is 2.27. The van der Waals surface area contributed by atoms with E-state index in [9.17, 15) is 10.1 Å². The Balaban J connectivity index is 1.89. The lowest BCUT2D eigenvalue weighted by Crippen LogP contribution is -2.28. The largest absolute Gasteiger partial charge is 0.312 e. The van der Waals surface area contributed by atoms with Crippen molar-refractivity contribution in [2.24, 2.45) is 11.3 Å². The predicted molar refractivity (Wildman–Crippen MR) is 113 cm³/mol. The van der Waals surface area contributed by atoms with Gasteiger partial charge in [-0.3, -0.25) is 4.79 Å². The average molecular weight is 421 g/mol. The van der Waals surface area contributed by atoms with Crippen molar-refractivity contribution >= 4 is 45.4 Å². The normalized spacial score (nSPS) is 16.5. The van der Waals surface area contributed by atoms with E-state index in [0.29, 0.717) is 32.1 Å². The molecule has 1 heterocycles. The van der Waals surface area contributed by atoms with Crippen LogP contribution in [0.5, 0.6) is 0 Å². The van der Waals surface area contributed by atoms with Crippen LogP contribution < -0.4 is 5.32 Å². The first-order valence-corrected chi connectivity index (χ1v) is 10.6. The van der Waals surface area contributed by atoms with Crippen LogP contribution in [0.15, 0.2) is 18.2 Å². The Bertz CT molecular complexity index is 927. The number of fused-ring (bicyclic) bond motifs is 1. The van der Waals surface area contributed by atoms with Crippen molar-refractivity contribution in [3.05, 3.63) is 49.8 Å². The Kier molecular flexibility index (Phi) is 5.86. The Labute approximate surface area is 174 Å². The third kappa shape index (κ3) is 4.01. The number of benzene rings is 1. The molecule has 3 nitrogen and oxygen atoms in total. The average Bonchev–Trinajstić information content (AvgIpc) is 2.99. The van der Waals surface area contributed by atoms with Gasteiger partial charge in [-0.25, -0.2) is 0 Å². The zero-order chi connectivity index (χ0) is 19.8. The van der Waals surface area contributed by atoms with E-state index in [1.807, 2.05) is 0 Å². The van der Waals surface area contributed by atoms with E-state index in [1.165, 1.54) is 16.2 Å². The van der Waals surface area contributed by atoms with Crippen LogP contribution >= 0.6 is 34.5 Å². The quantitative estimate of drug-likeness (QED) is 0.596. The number of hydrogen-bond donors (Lipinski definition) is 1. The third-order valence-electron chi connectivity index (χ3n) is 5.79. The van der Waals surface area contributed by atoms with E-state index in [2.05, 4.69) is 32.2 Å². The van der Waals surface area contributed by atoms with E-state index in [1.54, 1.807) is 18.2 Å². The molecular weight excluding hydrogens is 399 g/mol. The van der Waals surface area contributed by atoms with Gasteiger partial charge >= 0.3 is 0 Å². The topological polar surface area (TPSA) is 52.9 Å². The summed E-state index contributed by atoms with van der Waals surface area (Å²) in [5, 5.41) is 13.9. The number of carbonyl (C=O) groups is 1. The second kappa shape index (κ2) is 7.83. The van der Waals surface area contributed by atoms with Gasteiger partial charge in [0.1, 0.15) is 11.1 Å². The lowest BCUT2D eigenvalue weighted by molar-refractivity contribution is 0.102. The molecule has 0 spiro atoms. The number of amides is 1. The van der Waals surface area contributed by atoms with Crippen LogP contribution in [0.2, 0.25) is 10.0 Å². The summed E-state index contributed by atoms with van der Waals surface area (Å²) >= 11 is 13.6. The minimum absolute atomic E-state index is 0.270. The van der Waals surface area contributed by atoms with E-state index in [-0.39, 0.29) is 11.3 Å². The van der Waals surface area contributed by atoms with Crippen molar-refractivity contribution in [2.45, 2.75) is 46.5 Å². The monoisotopic (exact) mass is 420 g/mol. The highest BCUT2D eigenvalue weighted by molar-refractivity contribution is 7.16. The van der Waals surface area contributed by atoms with Crippen LogP contribution in [0.25, 0.3) is 0 Å². The minimum Gasteiger partial charge on any atom is -0.312 e. The summed E-state index contributed by atoms with van der Waals surface area (Å²) in [5.74, 6) is 0.245. The standard InChI is InChI=1S/C21H22Cl2N2OS/c1-4-21(2,3)12-5-7-14-16(11-24)20(27-18(14)9-12)25-19(26)15-10-13(22)6-8-17(15)23/h6,8,10,12H,4-5,7,9H2,1-3H3,(H,25,26). The van der Waals surface area contributed by atoms with Crippen molar-refractivity contribution in [2.75, 3.05) is 5.32 Å². The van der Waals surface area contributed by atoms with Crippen LogP contribution in [0, 0.1) is 22.7 Å². The summed E-state index contributed by atoms with van der Waals surface area (Å²) in [4.78, 5) is 13.9. The van der Waals surface area contributed by atoms with Gasteiger partial charge in [-0.15, -0.1) is 11.3 Å². The maximum absolute atomic E-state index is 12.7. The number of carbonyl (C=O) groups excluding carboxylic acids is 1. The molecule has 0 radical (unpaired) electrons. The Morgan fingerprint density at radius 2 is 2.15 bits per heavy atom. The summed E-state index contributed by atoms with van der Waals surface area (Å²) in [7, 11) is 0. The van der Waals surface area contributed by atoms with E-state index in [0.717, 1.165) is 31.2 Å². The van der Waals surface area contributed by atoms with Crippen molar-refractivity contribution in [3.8, 4) is 6.07 Å². The molecule has 0 saturated carbocycles. The van der Waals surface area contributed by atoms with Crippen LogP contribution in [0.3, 0.4) is 0 Å². The number of nitriles is 1. The zero-order valence-corrected chi connectivity index (χ0v) is 18.0. The molecule has 0 bridgehead atoms. The molecule has 0 fully saturated rings. The van der Waals surface area contributed by atoms with Gasteiger partial charge in [-0.05, 0) is 54.4 Å². The number of halogens is 2. The van der Waals surface area contributed by atoms with Crippen LogP contribution in [0.4, 0.5) is 5.00 Å². The fourth-order valence-electron chi connectivity index (χ4n) is 3.59. The molecule has 1 aliphatic carbocycles. The molecule has 3 rings (SSSR count). The van der Waals surface area contributed by atoms with Crippen molar-refractivity contribution in [1.82, 2.24) is 0 Å². The van der Waals surface area contributed by atoms with Crippen molar-refractivity contribution in [3.63, 3.8) is 0 Å². The summed E-state index contributed by atoms with van der Waals surface area (Å²) in [6.07, 6.45) is 4.05. The number of nitrogens with zero attached hydrogens (tertiary/aromatic N) is 1. The highest BCUT2D eigenvalue weighted by atomic mass is 35.5. The number of anilines is 1. The highest BCUT2D eigenvalue weighted by Gasteiger charge is 2.34. The molecule has 1 aromatic heterocycles. The molecule has 6 heteroatoms. The fourth-order valence-corrected chi connectivity index (χ4v) is 5.24. The van der Waals surface area contributed by atoms with Gasteiger partial charge in [0.15, 0.2) is 0 Å². The van der Waals surface area contributed by atoms with Gasteiger partial charge in [0, 0.05) is 9.90 Å². The third-order valence-corrected chi connectivity index (χ3v) is 7.53. The first-order valence-electron chi connectivity index (χ1n) is 9.07.